The van der Waals surface area contributed by atoms with Crippen molar-refractivity contribution in [3.8, 4) is 0 Å². The number of rotatable bonds is 5. The van der Waals surface area contributed by atoms with Crippen molar-refractivity contribution in [2.45, 2.75) is 26.7 Å². The minimum absolute atomic E-state index is 0.0142. The van der Waals surface area contributed by atoms with E-state index in [0.717, 1.165) is 4.88 Å². The van der Waals surface area contributed by atoms with Gasteiger partial charge in [0, 0.05) is 22.3 Å². The van der Waals surface area contributed by atoms with Crippen molar-refractivity contribution >= 4 is 22.9 Å². The van der Waals surface area contributed by atoms with Crippen LogP contribution in [0.2, 0.25) is 0 Å². The Balaban J connectivity index is 2.21. The molecule has 2 aromatic rings. The molecule has 1 atom stereocenters. The van der Waals surface area contributed by atoms with Gasteiger partial charge in [-0.3, -0.25) is 9.59 Å². The minimum atomic E-state index is -0.141. The first kappa shape index (κ1) is 14.7. The fraction of sp³-hybridized carbons (Fsp3) is 0.294. The summed E-state index contributed by atoms with van der Waals surface area (Å²) in [4.78, 5) is 26.0. The first-order chi connectivity index (χ1) is 9.50. The number of thiophene rings is 1. The Morgan fingerprint density at radius 1 is 0.950 bits per heavy atom. The fourth-order valence-electron chi connectivity index (χ4n) is 2.08. The van der Waals surface area contributed by atoms with E-state index in [4.69, 9.17) is 0 Å². The smallest absolute Gasteiger partial charge is 0.202 e. The molecule has 0 fully saturated rings. The Morgan fingerprint density at radius 2 is 1.60 bits per heavy atom. The zero-order valence-electron chi connectivity index (χ0n) is 11.9. The molecule has 2 rings (SSSR count). The van der Waals surface area contributed by atoms with Crippen LogP contribution in [0.3, 0.4) is 0 Å². The quantitative estimate of drug-likeness (QED) is 0.768. The van der Waals surface area contributed by atoms with Gasteiger partial charge in [0.05, 0.1) is 4.88 Å². The van der Waals surface area contributed by atoms with E-state index >= 15 is 0 Å². The lowest BCUT2D eigenvalue weighted by molar-refractivity contribution is -0.122. The van der Waals surface area contributed by atoms with E-state index in [0.29, 0.717) is 10.4 Å². The Kier molecular flexibility index (Phi) is 4.50. The number of hydrogen-bond donors (Lipinski definition) is 0. The lowest BCUT2D eigenvalue weighted by Crippen LogP contribution is -2.14. The van der Waals surface area contributed by atoms with Crippen molar-refractivity contribution < 1.29 is 9.59 Å². The lowest BCUT2D eigenvalue weighted by atomic mass is 9.96. The highest BCUT2D eigenvalue weighted by atomic mass is 32.1. The van der Waals surface area contributed by atoms with Crippen LogP contribution in [0.15, 0.2) is 42.5 Å². The van der Waals surface area contributed by atoms with Crippen LogP contribution >= 0.6 is 11.3 Å². The average Bonchev–Trinajstić information content (AvgIpc) is 2.95. The average molecular weight is 286 g/mol. The Labute approximate surface area is 123 Å². The summed E-state index contributed by atoms with van der Waals surface area (Å²) in [6.45, 7) is 5.72. The van der Waals surface area contributed by atoms with E-state index in [2.05, 4.69) is 0 Å². The van der Waals surface area contributed by atoms with Crippen molar-refractivity contribution in [2.24, 2.45) is 5.92 Å². The molecule has 0 amide bonds. The molecule has 0 radical (unpaired) electrons. The predicted octanol–water partition coefficient (Wildman–Crippen LogP) is 4.31. The zero-order chi connectivity index (χ0) is 14.7. The monoisotopic (exact) mass is 286 g/mol. The maximum atomic E-state index is 12.3. The molecule has 0 aliphatic rings. The van der Waals surface area contributed by atoms with Gasteiger partial charge in [-0.2, -0.15) is 0 Å². The van der Waals surface area contributed by atoms with Crippen molar-refractivity contribution in [3.63, 3.8) is 0 Å². The lowest BCUT2D eigenvalue weighted by Gasteiger charge is -2.10. The van der Waals surface area contributed by atoms with Gasteiger partial charge in [0.25, 0.3) is 0 Å². The molecule has 0 N–H and O–H groups in total. The van der Waals surface area contributed by atoms with E-state index < -0.39 is 0 Å². The molecule has 104 valence electrons. The third kappa shape index (κ3) is 3.05. The van der Waals surface area contributed by atoms with Crippen LogP contribution in [0, 0.1) is 5.92 Å². The van der Waals surface area contributed by atoms with Crippen molar-refractivity contribution in [1.29, 1.82) is 0 Å². The molecule has 2 nitrogen and oxygen atoms in total. The van der Waals surface area contributed by atoms with Crippen LogP contribution in [-0.4, -0.2) is 11.6 Å². The molecular weight excluding hydrogens is 268 g/mol. The molecule has 0 saturated carbocycles. The van der Waals surface area contributed by atoms with E-state index in [1.807, 2.05) is 63.2 Å². The highest BCUT2D eigenvalue weighted by Gasteiger charge is 2.21. The summed E-state index contributed by atoms with van der Waals surface area (Å²) in [7, 11) is 0. The van der Waals surface area contributed by atoms with Crippen LogP contribution in [-0.2, 0) is 4.79 Å². The maximum absolute atomic E-state index is 12.3. The summed E-state index contributed by atoms with van der Waals surface area (Å²) in [6, 6.07) is 12.9. The van der Waals surface area contributed by atoms with Crippen LogP contribution in [0.1, 0.15) is 46.8 Å². The second-order valence-electron chi connectivity index (χ2n) is 5.18. The van der Waals surface area contributed by atoms with Gasteiger partial charge in [0.1, 0.15) is 5.78 Å². The third-order valence-corrected chi connectivity index (χ3v) is 4.58. The van der Waals surface area contributed by atoms with Gasteiger partial charge < -0.3 is 0 Å². The Morgan fingerprint density at radius 3 is 2.20 bits per heavy atom. The van der Waals surface area contributed by atoms with Crippen LogP contribution in [0.25, 0.3) is 0 Å². The zero-order valence-corrected chi connectivity index (χ0v) is 12.7. The molecule has 20 heavy (non-hydrogen) atoms. The van der Waals surface area contributed by atoms with Crippen molar-refractivity contribution in [3.05, 3.63) is 57.8 Å². The van der Waals surface area contributed by atoms with Gasteiger partial charge in [-0.1, -0.05) is 51.1 Å². The van der Waals surface area contributed by atoms with E-state index in [-0.39, 0.29) is 23.4 Å². The van der Waals surface area contributed by atoms with Gasteiger partial charge >= 0.3 is 0 Å². The molecule has 0 bridgehead atoms. The summed E-state index contributed by atoms with van der Waals surface area (Å²) < 4.78 is 0. The van der Waals surface area contributed by atoms with Crippen LogP contribution in [0.4, 0.5) is 0 Å². The Bertz CT molecular complexity index is 611. The summed E-state index contributed by atoms with van der Waals surface area (Å²) in [5, 5.41) is 0. The van der Waals surface area contributed by atoms with Gasteiger partial charge in [-0.15, -0.1) is 11.3 Å². The molecule has 1 aromatic heterocycles. The van der Waals surface area contributed by atoms with Gasteiger partial charge in [-0.05, 0) is 12.1 Å². The van der Waals surface area contributed by atoms with Crippen LogP contribution < -0.4 is 0 Å². The standard InChI is InChI=1S/C17H18O2S/c1-11(2)16(18)12(3)14-9-10-15(20-14)17(19)13-7-5-4-6-8-13/h4-12H,1-3H3. The number of carbonyl (C=O) groups excluding carboxylic acids is 2. The Hall–Kier alpha value is -1.74. The number of Topliss-reactive ketones (excluding diaryl/α,β-unsaturated/α-hetero) is 1. The molecule has 1 aromatic carbocycles. The molecule has 1 heterocycles. The normalized spacial score (nSPS) is 12.4. The molecule has 0 aliphatic carbocycles. The van der Waals surface area contributed by atoms with Gasteiger partial charge in [0.15, 0.2) is 0 Å². The topological polar surface area (TPSA) is 34.1 Å². The predicted molar refractivity (Wildman–Crippen MR) is 82.5 cm³/mol. The number of carbonyl (C=O) groups is 2. The number of hydrogen-bond acceptors (Lipinski definition) is 3. The second-order valence-corrected chi connectivity index (χ2v) is 6.29. The van der Waals surface area contributed by atoms with Gasteiger partial charge in [-0.25, -0.2) is 0 Å². The highest BCUT2D eigenvalue weighted by Crippen LogP contribution is 2.28. The van der Waals surface area contributed by atoms with Crippen LogP contribution in [0.5, 0.6) is 0 Å². The minimum Gasteiger partial charge on any atom is -0.299 e. The molecule has 0 aliphatic heterocycles. The first-order valence-corrected chi connectivity index (χ1v) is 7.55. The summed E-state index contributed by atoms with van der Waals surface area (Å²) in [6.07, 6.45) is 0. The molecular formula is C17H18O2S. The molecule has 1 unspecified atom stereocenters. The van der Waals surface area contributed by atoms with Crippen molar-refractivity contribution in [2.75, 3.05) is 0 Å². The fourth-order valence-corrected chi connectivity index (χ4v) is 3.11. The van der Waals surface area contributed by atoms with Gasteiger partial charge in [0.2, 0.25) is 5.78 Å². The number of ketones is 2. The van der Waals surface area contributed by atoms with Crippen molar-refractivity contribution in [1.82, 2.24) is 0 Å². The van der Waals surface area contributed by atoms with E-state index in [9.17, 15) is 9.59 Å². The molecule has 3 heteroatoms. The molecule has 0 spiro atoms. The van der Waals surface area contributed by atoms with E-state index in [1.54, 1.807) is 0 Å². The number of benzene rings is 1. The van der Waals surface area contributed by atoms with E-state index in [1.165, 1.54) is 11.3 Å². The first-order valence-electron chi connectivity index (χ1n) is 6.74. The largest absolute Gasteiger partial charge is 0.299 e. The SMILES string of the molecule is CC(C)C(=O)C(C)c1ccc(C(=O)c2ccccc2)s1. The third-order valence-electron chi connectivity index (χ3n) is 3.31. The highest BCUT2D eigenvalue weighted by molar-refractivity contribution is 7.14. The second kappa shape index (κ2) is 6.14. The maximum Gasteiger partial charge on any atom is 0.202 e. The summed E-state index contributed by atoms with van der Waals surface area (Å²) >= 11 is 1.42. The molecule has 0 saturated heterocycles. The summed E-state index contributed by atoms with van der Waals surface area (Å²) in [5.74, 6) is 0.106. The summed E-state index contributed by atoms with van der Waals surface area (Å²) in [5.41, 5.74) is 0.684.